The Bertz CT molecular complexity index is 899. The summed E-state index contributed by atoms with van der Waals surface area (Å²) < 4.78 is 19.5. The Hall–Kier alpha value is -2.40. The molecule has 134 valence electrons. The number of ether oxygens (including phenoxy) is 1. The predicted molar refractivity (Wildman–Crippen MR) is 103 cm³/mol. The Kier molecular flexibility index (Phi) is 5.89. The van der Waals surface area contributed by atoms with Crippen LogP contribution in [0.5, 0.6) is 11.6 Å². The molecule has 0 amide bonds. The fourth-order valence-electron chi connectivity index (χ4n) is 2.42. The highest BCUT2D eigenvalue weighted by Crippen LogP contribution is 2.28. The minimum atomic E-state index is -0.411. The van der Waals surface area contributed by atoms with Crippen molar-refractivity contribution in [3.8, 4) is 11.6 Å². The predicted octanol–water partition coefficient (Wildman–Crippen LogP) is 6.13. The molecule has 0 unspecified atom stereocenters. The van der Waals surface area contributed by atoms with Crippen molar-refractivity contribution in [3.63, 3.8) is 0 Å². The summed E-state index contributed by atoms with van der Waals surface area (Å²) in [6.07, 6.45) is 0. The number of rotatable bonds is 6. The highest BCUT2D eigenvalue weighted by Gasteiger charge is 2.12. The van der Waals surface area contributed by atoms with Crippen LogP contribution in [0.4, 0.5) is 4.39 Å². The zero-order chi connectivity index (χ0) is 18.5. The molecule has 3 rings (SSSR count). The molecule has 0 saturated carbocycles. The summed E-state index contributed by atoms with van der Waals surface area (Å²) >= 11 is 1.55. The normalized spacial score (nSPS) is 11.0. The van der Waals surface area contributed by atoms with E-state index in [1.165, 1.54) is 17.2 Å². The number of thioether (sulfide) groups is 1. The van der Waals surface area contributed by atoms with E-state index in [0.717, 1.165) is 11.4 Å². The van der Waals surface area contributed by atoms with Gasteiger partial charge in [-0.2, -0.15) is 4.98 Å². The number of nitrogens with zero attached hydrogens (tertiary/aromatic N) is 2. The standard InChI is InChI=1S/C21H21FN2OS/c1-14(2)18-12-20(25-19-10-5-4-9-17(19)22)24-21(23-18)26-13-16-8-6-7-15(3)11-16/h4-12,14H,13H2,1-3H3. The van der Waals surface area contributed by atoms with Crippen molar-refractivity contribution in [2.45, 2.75) is 37.6 Å². The van der Waals surface area contributed by atoms with Gasteiger partial charge in [-0.1, -0.05) is 67.6 Å². The van der Waals surface area contributed by atoms with E-state index in [1.54, 1.807) is 36.0 Å². The monoisotopic (exact) mass is 368 g/mol. The first kappa shape index (κ1) is 18.4. The molecule has 0 N–H and O–H groups in total. The van der Waals surface area contributed by atoms with Crippen molar-refractivity contribution < 1.29 is 9.13 Å². The molecule has 0 aliphatic rings. The lowest BCUT2D eigenvalue weighted by Crippen LogP contribution is -2.00. The lowest BCUT2D eigenvalue weighted by molar-refractivity contribution is 0.420. The largest absolute Gasteiger partial charge is 0.436 e. The smallest absolute Gasteiger partial charge is 0.223 e. The van der Waals surface area contributed by atoms with E-state index in [2.05, 4.69) is 48.9 Å². The van der Waals surface area contributed by atoms with Gasteiger partial charge in [-0.3, -0.25) is 0 Å². The van der Waals surface area contributed by atoms with Gasteiger partial charge >= 0.3 is 0 Å². The van der Waals surface area contributed by atoms with Gasteiger partial charge in [0.15, 0.2) is 16.7 Å². The van der Waals surface area contributed by atoms with Gasteiger partial charge in [-0.25, -0.2) is 9.37 Å². The summed E-state index contributed by atoms with van der Waals surface area (Å²) in [5, 5.41) is 0.629. The lowest BCUT2D eigenvalue weighted by atomic mass is 10.1. The van der Waals surface area contributed by atoms with Crippen LogP contribution in [0.1, 0.15) is 36.6 Å². The van der Waals surface area contributed by atoms with E-state index in [-0.39, 0.29) is 11.7 Å². The maximum absolute atomic E-state index is 13.9. The molecular weight excluding hydrogens is 347 g/mol. The molecule has 0 saturated heterocycles. The van der Waals surface area contributed by atoms with Gasteiger partial charge in [0.05, 0.1) is 5.69 Å². The molecular formula is C21H21FN2OS. The molecule has 2 aromatic carbocycles. The number of aromatic nitrogens is 2. The van der Waals surface area contributed by atoms with Gasteiger partial charge in [0, 0.05) is 11.8 Å². The van der Waals surface area contributed by atoms with E-state index in [4.69, 9.17) is 4.74 Å². The average molecular weight is 368 g/mol. The van der Waals surface area contributed by atoms with Gasteiger partial charge in [0.25, 0.3) is 0 Å². The molecule has 0 atom stereocenters. The molecule has 0 aliphatic carbocycles. The van der Waals surface area contributed by atoms with Crippen molar-refractivity contribution >= 4 is 11.8 Å². The van der Waals surface area contributed by atoms with Crippen molar-refractivity contribution in [1.82, 2.24) is 9.97 Å². The molecule has 26 heavy (non-hydrogen) atoms. The SMILES string of the molecule is Cc1cccc(CSc2nc(Oc3ccccc3F)cc(C(C)C)n2)c1. The minimum absolute atomic E-state index is 0.163. The molecule has 0 aliphatic heterocycles. The van der Waals surface area contributed by atoms with Gasteiger partial charge in [-0.05, 0) is 30.5 Å². The Morgan fingerprint density at radius 1 is 1.04 bits per heavy atom. The minimum Gasteiger partial charge on any atom is -0.436 e. The zero-order valence-corrected chi connectivity index (χ0v) is 15.9. The van der Waals surface area contributed by atoms with E-state index in [0.29, 0.717) is 11.0 Å². The van der Waals surface area contributed by atoms with Gasteiger partial charge in [-0.15, -0.1) is 0 Å². The van der Waals surface area contributed by atoms with Gasteiger partial charge in [0.2, 0.25) is 5.88 Å². The van der Waals surface area contributed by atoms with E-state index in [1.807, 2.05) is 6.07 Å². The van der Waals surface area contributed by atoms with E-state index >= 15 is 0 Å². The molecule has 0 spiro atoms. The first-order chi connectivity index (χ1) is 12.5. The van der Waals surface area contributed by atoms with Crippen LogP contribution < -0.4 is 4.74 Å². The third-order valence-corrected chi connectivity index (χ3v) is 4.71. The number of halogens is 1. The Labute approximate surface area is 157 Å². The number of aryl methyl sites for hydroxylation is 1. The first-order valence-electron chi connectivity index (χ1n) is 8.51. The zero-order valence-electron chi connectivity index (χ0n) is 15.1. The van der Waals surface area contributed by atoms with Gasteiger partial charge < -0.3 is 4.74 Å². The summed E-state index contributed by atoms with van der Waals surface area (Å²) in [5.41, 5.74) is 3.31. The summed E-state index contributed by atoms with van der Waals surface area (Å²) in [6, 6.07) is 16.4. The van der Waals surface area contributed by atoms with E-state index in [9.17, 15) is 4.39 Å². The first-order valence-corrected chi connectivity index (χ1v) is 9.49. The van der Waals surface area contributed by atoms with Crippen LogP contribution in [-0.4, -0.2) is 9.97 Å². The molecule has 3 aromatic rings. The van der Waals surface area contributed by atoms with Crippen molar-refractivity contribution in [2.24, 2.45) is 0 Å². The third-order valence-electron chi connectivity index (χ3n) is 3.80. The number of para-hydroxylation sites is 1. The van der Waals surface area contributed by atoms with Crippen LogP contribution in [0.2, 0.25) is 0 Å². The van der Waals surface area contributed by atoms with Crippen molar-refractivity contribution in [2.75, 3.05) is 0 Å². The second kappa shape index (κ2) is 8.32. The third kappa shape index (κ3) is 4.82. The number of hydrogen-bond acceptors (Lipinski definition) is 4. The van der Waals surface area contributed by atoms with Crippen LogP contribution in [-0.2, 0) is 5.75 Å². The fourth-order valence-corrected chi connectivity index (χ4v) is 3.22. The molecule has 0 bridgehead atoms. The van der Waals surface area contributed by atoms with Crippen molar-refractivity contribution in [3.05, 3.63) is 77.2 Å². The molecule has 5 heteroatoms. The summed E-state index contributed by atoms with van der Waals surface area (Å²) in [6.45, 7) is 6.19. The molecule has 0 radical (unpaired) electrons. The highest BCUT2D eigenvalue weighted by atomic mass is 32.2. The van der Waals surface area contributed by atoms with Crippen LogP contribution in [0, 0.1) is 12.7 Å². The topological polar surface area (TPSA) is 35.0 Å². The second-order valence-corrected chi connectivity index (χ2v) is 7.32. The maximum atomic E-state index is 13.9. The fraction of sp³-hybridized carbons (Fsp3) is 0.238. The Balaban J connectivity index is 1.83. The maximum Gasteiger partial charge on any atom is 0.223 e. The Morgan fingerprint density at radius 2 is 1.85 bits per heavy atom. The summed E-state index contributed by atoms with van der Waals surface area (Å²) in [7, 11) is 0. The quantitative estimate of drug-likeness (QED) is 0.387. The highest BCUT2D eigenvalue weighted by molar-refractivity contribution is 7.98. The Morgan fingerprint density at radius 3 is 2.58 bits per heavy atom. The van der Waals surface area contributed by atoms with Crippen LogP contribution in [0.15, 0.2) is 59.8 Å². The molecule has 1 aromatic heterocycles. The van der Waals surface area contributed by atoms with Crippen LogP contribution >= 0.6 is 11.8 Å². The number of benzene rings is 2. The van der Waals surface area contributed by atoms with Crippen molar-refractivity contribution in [1.29, 1.82) is 0 Å². The molecule has 3 nitrogen and oxygen atoms in total. The summed E-state index contributed by atoms with van der Waals surface area (Å²) in [4.78, 5) is 9.07. The van der Waals surface area contributed by atoms with Crippen LogP contribution in [0.3, 0.4) is 0 Å². The lowest BCUT2D eigenvalue weighted by Gasteiger charge is -2.11. The van der Waals surface area contributed by atoms with Gasteiger partial charge in [0.1, 0.15) is 0 Å². The number of hydrogen-bond donors (Lipinski definition) is 0. The molecule has 0 fully saturated rings. The van der Waals surface area contributed by atoms with E-state index < -0.39 is 5.82 Å². The van der Waals surface area contributed by atoms with Crippen LogP contribution in [0.25, 0.3) is 0 Å². The molecule has 1 heterocycles. The second-order valence-electron chi connectivity index (χ2n) is 6.38. The average Bonchev–Trinajstić information content (AvgIpc) is 2.62. The summed E-state index contributed by atoms with van der Waals surface area (Å²) in [5.74, 6) is 1.10.